The Labute approximate surface area is 165 Å². The SMILES string of the molecule is CCCC(CO)Nc1nc(N)nc(C)c1Cc1ccc(C(=O)OC)cc1OC. The van der Waals surface area contributed by atoms with Gasteiger partial charge in [-0.15, -0.1) is 0 Å². The van der Waals surface area contributed by atoms with Crippen molar-refractivity contribution in [3.8, 4) is 5.75 Å². The number of benzene rings is 1. The highest BCUT2D eigenvalue weighted by Gasteiger charge is 2.18. The second-order valence-corrected chi connectivity index (χ2v) is 6.50. The molecule has 0 saturated heterocycles. The van der Waals surface area contributed by atoms with Gasteiger partial charge in [0.2, 0.25) is 5.95 Å². The number of carbonyl (C=O) groups is 1. The van der Waals surface area contributed by atoms with E-state index < -0.39 is 5.97 Å². The van der Waals surface area contributed by atoms with E-state index in [1.807, 2.05) is 13.0 Å². The lowest BCUT2D eigenvalue weighted by molar-refractivity contribution is 0.0600. The largest absolute Gasteiger partial charge is 0.496 e. The van der Waals surface area contributed by atoms with Crippen LogP contribution in [0.4, 0.5) is 11.8 Å². The van der Waals surface area contributed by atoms with E-state index in [-0.39, 0.29) is 18.6 Å². The predicted octanol–water partition coefficient (Wildman–Crippen LogP) is 2.33. The van der Waals surface area contributed by atoms with E-state index in [4.69, 9.17) is 15.2 Å². The molecule has 1 aromatic heterocycles. The fourth-order valence-corrected chi connectivity index (χ4v) is 3.03. The molecule has 0 fully saturated rings. The summed E-state index contributed by atoms with van der Waals surface area (Å²) < 4.78 is 10.2. The normalized spacial score (nSPS) is 11.8. The highest BCUT2D eigenvalue weighted by atomic mass is 16.5. The minimum Gasteiger partial charge on any atom is -0.496 e. The molecule has 0 saturated carbocycles. The van der Waals surface area contributed by atoms with Crippen molar-refractivity contribution in [2.24, 2.45) is 0 Å². The summed E-state index contributed by atoms with van der Waals surface area (Å²) >= 11 is 0. The molecule has 152 valence electrons. The van der Waals surface area contributed by atoms with Crippen LogP contribution in [0.5, 0.6) is 5.75 Å². The van der Waals surface area contributed by atoms with Crippen molar-refractivity contribution < 1.29 is 19.4 Å². The van der Waals surface area contributed by atoms with E-state index in [0.717, 1.165) is 29.7 Å². The maximum absolute atomic E-state index is 11.8. The molecule has 0 bridgehead atoms. The number of anilines is 2. The Balaban J connectivity index is 2.41. The van der Waals surface area contributed by atoms with Gasteiger partial charge < -0.3 is 25.6 Å². The third-order valence-electron chi connectivity index (χ3n) is 4.50. The fraction of sp³-hybridized carbons (Fsp3) is 0.450. The molecule has 8 heteroatoms. The molecule has 0 amide bonds. The van der Waals surface area contributed by atoms with Gasteiger partial charge in [-0.25, -0.2) is 9.78 Å². The number of carbonyl (C=O) groups excluding carboxylic acids is 1. The summed E-state index contributed by atoms with van der Waals surface area (Å²) in [7, 11) is 2.89. The first kappa shape index (κ1) is 21.4. The molecule has 0 aliphatic rings. The molecule has 1 unspecified atom stereocenters. The minimum atomic E-state index is -0.426. The predicted molar refractivity (Wildman–Crippen MR) is 108 cm³/mol. The zero-order valence-corrected chi connectivity index (χ0v) is 16.8. The minimum absolute atomic E-state index is 0.00656. The summed E-state index contributed by atoms with van der Waals surface area (Å²) in [6, 6.07) is 5.04. The lowest BCUT2D eigenvalue weighted by Crippen LogP contribution is -2.25. The van der Waals surface area contributed by atoms with Gasteiger partial charge in [-0.05, 0) is 31.0 Å². The van der Waals surface area contributed by atoms with E-state index in [2.05, 4.69) is 22.2 Å². The average Bonchev–Trinajstić information content (AvgIpc) is 2.69. The average molecular weight is 388 g/mol. The topological polar surface area (TPSA) is 120 Å². The van der Waals surface area contributed by atoms with Gasteiger partial charge in [0.1, 0.15) is 11.6 Å². The summed E-state index contributed by atoms with van der Waals surface area (Å²) in [5.41, 5.74) is 8.71. The first-order valence-corrected chi connectivity index (χ1v) is 9.19. The highest BCUT2D eigenvalue weighted by molar-refractivity contribution is 5.90. The number of hydrogen-bond acceptors (Lipinski definition) is 8. The van der Waals surface area contributed by atoms with Gasteiger partial charge in [0.25, 0.3) is 0 Å². The molecule has 2 rings (SSSR count). The van der Waals surface area contributed by atoms with Gasteiger partial charge in [-0.2, -0.15) is 4.98 Å². The van der Waals surface area contributed by atoms with Crippen molar-refractivity contribution in [1.82, 2.24) is 9.97 Å². The number of aliphatic hydroxyl groups is 1. The van der Waals surface area contributed by atoms with Crippen molar-refractivity contribution in [2.75, 3.05) is 31.9 Å². The zero-order valence-electron chi connectivity index (χ0n) is 16.8. The molecule has 8 nitrogen and oxygen atoms in total. The quantitative estimate of drug-likeness (QED) is 0.560. The van der Waals surface area contributed by atoms with Crippen molar-refractivity contribution in [3.05, 3.63) is 40.6 Å². The second-order valence-electron chi connectivity index (χ2n) is 6.50. The summed E-state index contributed by atoms with van der Waals surface area (Å²) in [6.07, 6.45) is 2.20. The van der Waals surface area contributed by atoms with Crippen molar-refractivity contribution in [1.29, 1.82) is 0 Å². The smallest absolute Gasteiger partial charge is 0.337 e. The zero-order chi connectivity index (χ0) is 20.7. The number of nitrogens with zero attached hydrogens (tertiary/aromatic N) is 2. The van der Waals surface area contributed by atoms with Gasteiger partial charge >= 0.3 is 5.97 Å². The Morgan fingerprint density at radius 3 is 2.68 bits per heavy atom. The Hall–Kier alpha value is -2.87. The number of nitrogen functional groups attached to an aromatic ring is 1. The molecule has 0 aliphatic heterocycles. The third-order valence-corrected chi connectivity index (χ3v) is 4.50. The summed E-state index contributed by atoms with van der Waals surface area (Å²) in [5, 5.41) is 12.9. The first-order valence-electron chi connectivity index (χ1n) is 9.19. The molecule has 0 radical (unpaired) electrons. The van der Waals surface area contributed by atoms with E-state index in [1.54, 1.807) is 19.2 Å². The number of aryl methyl sites for hydroxylation is 1. The number of esters is 1. The molecule has 2 aromatic rings. The molecule has 1 aromatic carbocycles. The van der Waals surface area contributed by atoms with E-state index >= 15 is 0 Å². The molecule has 0 spiro atoms. The molecule has 1 heterocycles. The van der Waals surface area contributed by atoms with E-state index in [9.17, 15) is 9.90 Å². The van der Waals surface area contributed by atoms with Crippen LogP contribution < -0.4 is 15.8 Å². The van der Waals surface area contributed by atoms with Crippen LogP contribution in [0.2, 0.25) is 0 Å². The van der Waals surface area contributed by atoms with Crippen molar-refractivity contribution >= 4 is 17.7 Å². The van der Waals surface area contributed by atoms with Crippen LogP contribution in [0.15, 0.2) is 18.2 Å². The van der Waals surface area contributed by atoms with Gasteiger partial charge in [-0.1, -0.05) is 19.4 Å². The van der Waals surface area contributed by atoms with Crippen LogP contribution in [-0.4, -0.2) is 47.9 Å². The monoisotopic (exact) mass is 388 g/mol. The number of hydrogen-bond donors (Lipinski definition) is 3. The van der Waals surface area contributed by atoms with Crippen molar-refractivity contribution in [2.45, 2.75) is 39.2 Å². The number of aromatic nitrogens is 2. The molecule has 1 atom stereocenters. The molecule has 0 aliphatic carbocycles. The summed E-state index contributed by atoms with van der Waals surface area (Å²) in [6.45, 7) is 3.91. The number of methoxy groups -OCH3 is 2. The van der Waals surface area contributed by atoms with Crippen LogP contribution in [-0.2, 0) is 11.2 Å². The molecular formula is C20H28N4O4. The van der Waals surface area contributed by atoms with Crippen LogP contribution >= 0.6 is 0 Å². The standard InChI is InChI=1S/C20H28N4O4/c1-5-6-15(11-25)23-18-16(12(2)22-20(21)24-18)9-13-7-8-14(19(26)28-4)10-17(13)27-3/h7-8,10,15,25H,5-6,9,11H2,1-4H3,(H3,21,22,23,24). The Bertz CT molecular complexity index is 826. The number of nitrogens with one attached hydrogen (secondary N) is 1. The van der Waals surface area contributed by atoms with E-state index in [1.165, 1.54) is 7.11 Å². The number of aliphatic hydroxyl groups excluding tert-OH is 1. The Morgan fingerprint density at radius 1 is 1.32 bits per heavy atom. The number of nitrogens with two attached hydrogens (primary N) is 1. The summed E-state index contributed by atoms with van der Waals surface area (Å²) in [4.78, 5) is 20.4. The molecule has 4 N–H and O–H groups in total. The van der Waals surface area contributed by atoms with Gasteiger partial charge in [0.15, 0.2) is 0 Å². The lowest BCUT2D eigenvalue weighted by atomic mass is 10.0. The van der Waals surface area contributed by atoms with Gasteiger partial charge in [0, 0.05) is 17.7 Å². The fourth-order valence-electron chi connectivity index (χ4n) is 3.03. The van der Waals surface area contributed by atoms with Gasteiger partial charge in [0.05, 0.1) is 32.4 Å². The second kappa shape index (κ2) is 9.89. The van der Waals surface area contributed by atoms with Gasteiger partial charge in [-0.3, -0.25) is 0 Å². The van der Waals surface area contributed by atoms with E-state index in [0.29, 0.717) is 23.6 Å². The summed E-state index contributed by atoms with van der Waals surface area (Å²) in [5.74, 6) is 0.906. The lowest BCUT2D eigenvalue weighted by Gasteiger charge is -2.20. The Morgan fingerprint density at radius 2 is 2.07 bits per heavy atom. The van der Waals surface area contributed by atoms with Crippen LogP contribution in [0.3, 0.4) is 0 Å². The highest BCUT2D eigenvalue weighted by Crippen LogP contribution is 2.28. The maximum Gasteiger partial charge on any atom is 0.337 e. The van der Waals surface area contributed by atoms with Crippen molar-refractivity contribution in [3.63, 3.8) is 0 Å². The Kier molecular flexibility index (Phi) is 7.57. The van der Waals surface area contributed by atoms with Crippen LogP contribution in [0, 0.1) is 6.92 Å². The molecular weight excluding hydrogens is 360 g/mol. The number of rotatable bonds is 9. The first-order chi connectivity index (χ1) is 13.4. The number of ether oxygens (including phenoxy) is 2. The maximum atomic E-state index is 11.8. The molecule has 28 heavy (non-hydrogen) atoms. The van der Waals surface area contributed by atoms with Crippen LogP contribution in [0.25, 0.3) is 0 Å². The van der Waals surface area contributed by atoms with Crippen LogP contribution in [0.1, 0.15) is 46.9 Å². The third kappa shape index (κ3) is 5.10.